The summed E-state index contributed by atoms with van der Waals surface area (Å²) in [7, 11) is 1.07. The molecule has 0 aliphatic heterocycles. The number of nitrogens with zero attached hydrogens (tertiary/aromatic N) is 2. The topological polar surface area (TPSA) is 101 Å². The Morgan fingerprint density at radius 2 is 2.00 bits per heavy atom. The van der Waals surface area contributed by atoms with Crippen LogP contribution in [0.2, 0.25) is 0 Å². The van der Waals surface area contributed by atoms with Gasteiger partial charge in [0.2, 0.25) is 0 Å². The normalized spacial score (nSPS) is 11.1. The molecule has 144 valence electrons. The highest BCUT2D eigenvalue weighted by Crippen LogP contribution is 2.20. The number of aromatic nitrogens is 1. The van der Waals surface area contributed by atoms with Crippen molar-refractivity contribution in [1.29, 1.82) is 0 Å². The molecule has 2 aromatic rings. The second-order valence-electron chi connectivity index (χ2n) is 5.35. The molecule has 11 heteroatoms. The molecule has 0 atom stereocenters. The molecule has 1 aromatic carbocycles. The SMILES string of the molecule is COC(=O)c1cc([N+](=O)[O-])c(=O)n(Cc2cccc(OCC(F)(F)F)c2)c1. The second-order valence-corrected chi connectivity index (χ2v) is 5.35. The molecule has 0 unspecified atom stereocenters. The van der Waals surface area contributed by atoms with Gasteiger partial charge in [0.25, 0.3) is 0 Å². The number of ether oxygens (including phenoxy) is 2. The van der Waals surface area contributed by atoms with Gasteiger partial charge in [-0.15, -0.1) is 0 Å². The third-order valence-electron chi connectivity index (χ3n) is 3.34. The number of carbonyl (C=O) groups is 1. The number of esters is 1. The standard InChI is InChI=1S/C16H13F3N2O6/c1-26-15(23)11-6-13(21(24)25)14(22)20(8-11)7-10-3-2-4-12(5-10)27-9-16(17,18)19/h2-6,8H,7,9H2,1H3. The quantitative estimate of drug-likeness (QED) is 0.430. The lowest BCUT2D eigenvalue weighted by molar-refractivity contribution is -0.386. The summed E-state index contributed by atoms with van der Waals surface area (Å²) in [6.45, 7) is -1.71. The van der Waals surface area contributed by atoms with E-state index in [0.29, 0.717) is 5.56 Å². The monoisotopic (exact) mass is 386 g/mol. The lowest BCUT2D eigenvalue weighted by Crippen LogP contribution is -2.24. The summed E-state index contributed by atoms with van der Waals surface area (Å²) in [5.41, 5.74) is -1.68. The lowest BCUT2D eigenvalue weighted by atomic mass is 10.2. The minimum absolute atomic E-state index is 0.0866. The molecule has 0 radical (unpaired) electrons. The van der Waals surface area contributed by atoms with Gasteiger partial charge in [-0.3, -0.25) is 14.9 Å². The van der Waals surface area contributed by atoms with Crippen LogP contribution >= 0.6 is 0 Å². The number of hydrogen-bond donors (Lipinski definition) is 0. The van der Waals surface area contributed by atoms with E-state index >= 15 is 0 Å². The molecule has 0 saturated heterocycles. The highest BCUT2D eigenvalue weighted by molar-refractivity contribution is 5.89. The summed E-state index contributed by atoms with van der Waals surface area (Å²) in [5.74, 6) is -0.967. The first-order chi connectivity index (χ1) is 12.6. The van der Waals surface area contributed by atoms with Gasteiger partial charge in [-0.2, -0.15) is 13.2 Å². The van der Waals surface area contributed by atoms with Gasteiger partial charge in [0.1, 0.15) is 5.75 Å². The Kier molecular flexibility index (Phi) is 5.83. The van der Waals surface area contributed by atoms with Gasteiger partial charge in [-0.25, -0.2) is 4.79 Å². The predicted molar refractivity (Wildman–Crippen MR) is 85.8 cm³/mol. The summed E-state index contributed by atoms with van der Waals surface area (Å²) in [4.78, 5) is 34.0. The van der Waals surface area contributed by atoms with E-state index in [2.05, 4.69) is 9.47 Å². The summed E-state index contributed by atoms with van der Waals surface area (Å²) in [6, 6.07) is 6.25. The smallest absolute Gasteiger partial charge is 0.422 e. The Morgan fingerprint density at radius 1 is 1.30 bits per heavy atom. The zero-order valence-corrected chi connectivity index (χ0v) is 13.9. The van der Waals surface area contributed by atoms with Gasteiger partial charge >= 0.3 is 23.4 Å². The first-order valence-electron chi connectivity index (χ1n) is 7.36. The van der Waals surface area contributed by atoms with Gasteiger partial charge in [0.15, 0.2) is 6.61 Å². The van der Waals surface area contributed by atoms with Crippen LogP contribution in [0.4, 0.5) is 18.9 Å². The number of alkyl halides is 3. The van der Waals surface area contributed by atoms with E-state index in [1.807, 2.05) is 0 Å². The third kappa shape index (κ3) is 5.30. The molecule has 0 aliphatic carbocycles. The zero-order chi connectivity index (χ0) is 20.2. The molecule has 1 heterocycles. The van der Waals surface area contributed by atoms with Crippen molar-refractivity contribution in [2.75, 3.05) is 13.7 Å². The van der Waals surface area contributed by atoms with Crippen molar-refractivity contribution in [2.45, 2.75) is 12.7 Å². The second kappa shape index (κ2) is 7.89. The lowest BCUT2D eigenvalue weighted by Gasteiger charge is -2.11. The van der Waals surface area contributed by atoms with Crippen LogP contribution in [0.25, 0.3) is 0 Å². The molecule has 0 spiro atoms. The minimum Gasteiger partial charge on any atom is -0.484 e. The molecule has 0 bridgehead atoms. The Morgan fingerprint density at radius 3 is 2.59 bits per heavy atom. The molecule has 0 aliphatic rings. The van der Waals surface area contributed by atoms with Gasteiger partial charge in [0.05, 0.1) is 24.1 Å². The molecule has 0 amide bonds. The molecule has 27 heavy (non-hydrogen) atoms. The van der Waals surface area contributed by atoms with Crippen molar-refractivity contribution in [3.63, 3.8) is 0 Å². The van der Waals surface area contributed by atoms with E-state index in [4.69, 9.17) is 0 Å². The van der Waals surface area contributed by atoms with Crippen LogP contribution in [0, 0.1) is 10.1 Å². The van der Waals surface area contributed by atoms with Crippen LogP contribution in [0.15, 0.2) is 41.3 Å². The van der Waals surface area contributed by atoms with Crippen molar-refractivity contribution in [3.8, 4) is 5.75 Å². The van der Waals surface area contributed by atoms with Crippen molar-refractivity contribution in [3.05, 3.63) is 68.1 Å². The molecule has 2 rings (SSSR count). The van der Waals surface area contributed by atoms with E-state index in [1.165, 1.54) is 24.3 Å². The molecule has 1 aromatic heterocycles. The Labute approximate surface area is 149 Å². The first-order valence-corrected chi connectivity index (χ1v) is 7.36. The summed E-state index contributed by atoms with van der Waals surface area (Å²) < 4.78 is 46.7. The Balaban J connectivity index is 2.36. The van der Waals surface area contributed by atoms with E-state index in [-0.39, 0.29) is 17.9 Å². The molecule has 0 fully saturated rings. The van der Waals surface area contributed by atoms with Crippen molar-refractivity contribution in [2.24, 2.45) is 0 Å². The van der Waals surface area contributed by atoms with Crippen LogP contribution < -0.4 is 10.3 Å². The highest BCUT2D eigenvalue weighted by Gasteiger charge is 2.28. The first kappa shape index (κ1) is 19.9. The van der Waals surface area contributed by atoms with Crippen LogP contribution in [0.5, 0.6) is 5.75 Å². The maximum atomic E-state index is 12.2. The van der Waals surface area contributed by atoms with E-state index in [1.54, 1.807) is 0 Å². The molecule has 8 nitrogen and oxygen atoms in total. The number of hydrogen-bond acceptors (Lipinski definition) is 6. The van der Waals surface area contributed by atoms with Crippen LogP contribution in [-0.4, -0.2) is 35.4 Å². The summed E-state index contributed by atoms with van der Waals surface area (Å²) in [6.07, 6.45) is -3.44. The van der Waals surface area contributed by atoms with Crippen LogP contribution in [0.1, 0.15) is 15.9 Å². The van der Waals surface area contributed by atoms with E-state index < -0.39 is 34.9 Å². The van der Waals surface area contributed by atoms with Crippen LogP contribution in [0.3, 0.4) is 0 Å². The third-order valence-corrected chi connectivity index (χ3v) is 3.34. The van der Waals surface area contributed by atoms with E-state index in [0.717, 1.165) is 23.9 Å². The summed E-state index contributed by atoms with van der Waals surface area (Å²) >= 11 is 0. The fourth-order valence-electron chi connectivity index (χ4n) is 2.19. The molecular formula is C16H13F3N2O6. The molecular weight excluding hydrogens is 373 g/mol. The fourth-order valence-corrected chi connectivity index (χ4v) is 2.19. The highest BCUT2D eigenvalue weighted by atomic mass is 19.4. The fraction of sp³-hybridized carbons (Fsp3) is 0.250. The van der Waals surface area contributed by atoms with Gasteiger partial charge in [-0.05, 0) is 17.7 Å². The number of carbonyl (C=O) groups excluding carboxylic acids is 1. The average Bonchev–Trinajstić information content (AvgIpc) is 2.60. The average molecular weight is 386 g/mol. The number of nitro groups is 1. The Hall–Kier alpha value is -3.37. The van der Waals surface area contributed by atoms with Crippen LogP contribution in [-0.2, 0) is 11.3 Å². The molecule has 0 saturated carbocycles. The minimum atomic E-state index is -4.51. The van der Waals surface area contributed by atoms with Gasteiger partial charge in [0, 0.05) is 12.3 Å². The number of benzene rings is 1. The summed E-state index contributed by atoms with van der Waals surface area (Å²) in [5, 5.41) is 11.0. The van der Waals surface area contributed by atoms with Crippen molar-refractivity contribution in [1.82, 2.24) is 4.57 Å². The van der Waals surface area contributed by atoms with E-state index in [9.17, 15) is 32.9 Å². The predicted octanol–water partition coefficient (Wildman–Crippen LogP) is 2.53. The van der Waals surface area contributed by atoms with Crippen molar-refractivity contribution >= 4 is 11.7 Å². The Bertz CT molecular complexity index is 923. The zero-order valence-electron chi connectivity index (χ0n) is 13.9. The number of halogens is 3. The maximum Gasteiger partial charge on any atom is 0.422 e. The number of pyridine rings is 1. The molecule has 0 N–H and O–H groups in total. The van der Waals surface area contributed by atoms with Gasteiger partial charge in [-0.1, -0.05) is 12.1 Å². The maximum absolute atomic E-state index is 12.2. The van der Waals surface area contributed by atoms with Crippen molar-refractivity contribution < 1.29 is 32.4 Å². The number of methoxy groups -OCH3 is 1. The number of rotatable bonds is 6. The van der Waals surface area contributed by atoms with Gasteiger partial charge < -0.3 is 14.0 Å². The largest absolute Gasteiger partial charge is 0.484 e.